The molecule has 194 valence electrons. The first-order valence-electron chi connectivity index (χ1n) is 10.8. The van der Waals surface area contributed by atoms with Gasteiger partial charge in [-0.1, -0.05) is 0 Å². The molecule has 0 aliphatic carbocycles. The summed E-state index contributed by atoms with van der Waals surface area (Å²) < 4.78 is 29.8. The molecule has 0 saturated carbocycles. The van der Waals surface area contributed by atoms with Crippen LogP contribution in [0.15, 0.2) is 79.1 Å². The summed E-state index contributed by atoms with van der Waals surface area (Å²) in [6.07, 6.45) is -1.50. The Labute approximate surface area is 206 Å². The van der Waals surface area contributed by atoms with Gasteiger partial charge in [0.25, 0.3) is 0 Å². The van der Waals surface area contributed by atoms with Crippen LogP contribution in [0.4, 0.5) is 0 Å². The van der Waals surface area contributed by atoms with Gasteiger partial charge in [0.2, 0.25) is 0 Å². The van der Waals surface area contributed by atoms with Gasteiger partial charge in [-0.25, -0.2) is 23.8 Å². The molecule has 0 fully saturated rings. The Hall–Kier alpha value is -4.70. The third-order valence-electron chi connectivity index (χ3n) is 4.69. The molecule has 0 amide bonds. The van der Waals surface area contributed by atoms with E-state index in [1.54, 1.807) is 48.5 Å². The summed E-state index contributed by atoms with van der Waals surface area (Å²) in [6.45, 7) is 0.363. The molecule has 11 heteroatoms. The Morgan fingerprint density at radius 3 is 1.41 bits per heavy atom. The molecule has 0 bridgehead atoms. The molecule has 2 unspecified atom stereocenters. The van der Waals surface area contributed by atoms with E-state index in [9.17, 15) is 19.8 Å². The van der Waals surface area contributed by atoms with Crippen LogP contribution in [0.25, 0.3) is 21.9 Å². The van der Waals surface area contributed by atoms with Crippen molar-refractivity contribution in [2.75, 3.05) is 26.4 Å². The zero-order valence-corrected chi connectivity index (χ0v) is 26.4. The van der Waals surface area contributed by atoms with Gasteiger partial charge in [0.15, 0.2) is 0 Å². The number of fused-ring (bicyclic) bond motifs is 2. The van der Waals surface area contributed by atoms with Crippen LogP contribution in [0.2, 0.25) is 0 Å². The Balaban J connectivity index is 0.000000253. The molecule has 4 aromatic rings. The van der Waals surface area contributed by atoms with Crippen molar-refractivity contribution in [1.29, 1.82) is 0 Å². The van der Waals surface area contributed by atoms with Crippen molar-refractivity contribution in [2.45, 2.75) is 12.2 Å². The van der Waals surface area contributed by atoms with Crippen LogP contribution in [0, 0.1) is 14.2 Å². The molecule has 2 atom stereocenters. The number of hydrogen-bond acceptors (Lipinski definition) is 10. The minimum atomic E-state index is -0.749. The number of rotatable bonds is 10. The summed E-state index contributed by atoms with van der Waals surface area (Å²) >= 11 is 0. The molecule has 2 N–H and O–H groups in total. The molecule has 2 aromatic heterocycles. The SMILES string of the molecule is [CH2-]OCC(O)COc1ccc2ccc(=O)oc2c1.[CH2-]OCC(O)COc1ccc2ccc(=O)oc2c1.[Rf]. The molecule has 0 saturated heterocycles. The van der Waals surface area contributed by atoms with Crippen molar-refractivity contribution >= 4 is 21.9 Å². The average Bonchev–Trinajstić information content (AvgIpc) is 2.86. The molecule has 0 aliphatic rings. The Morgan fingerprint density at radius 1 is 0.649 bits per heavy atom. The van der Waals surface area contributed by atoms with Gasteiger partial charge in [0.1, 0.15) is 48.1 Å². The van der Waals surface area contributed by atoms with Crippen LogP contribution in [0.3, 0.4) is 0 Å². The zero-order chi connectivity index (χ0) is 25.9. The molecule has 37 heavy (non-hydrogen) atoms. The van der Waals surface area contributed by atoms with Crippen LogP contribution in [0.5, 0.6) is 11.5 Å². The summed E-state index contributed by atoms with van der Waals surface area (Å²) in [5, 5.41) is 20.4. The molecule has 0 aliphatic heterocycles. The fourth-order valence-corrected chi connectivity index (χ4v) is 3.01. The Kier molecular flexibility index (Phi) is 10.8. The Morgan fingerprint density at radius 2 is 1.03 bits per heavy atom. The summed E-state index contributed by atoms with van der Waals surface area (Å²) in [5.74, 6) is 1.03. The van der Waals surface area contributed by atoms with Gasteiger partial charge in [-0.2, -0.15) is 0 Å². The van der Waals surface area contributed by atoms with Crippen molar-refractivity contribution < 1.29 is 38.0 Å². The van der Waals surface area contributed by atoms with E-state index in [0.29, 0.717) is 22.7 Å². The number of ether oxygens (including phenoxy) is 4. The van der Waals surface area contributed by atoms with Crippen molar-refractivity contribution in [3.8, 4) is 11.5 Å². The van der Waals surface area contributed by atoms with E-state index in [2.05, 4.69) is 23.7 Å². The third-order valence-corrected chi connectivity index (χ3v) is 4.69. The van der Waals surface area contributed by atoms with Gasteiger partial charge in [-0.3, -0.25) is 0 Å². The van der Waals surface area contributed by atoms with Gasteiger partial charge < -0.3 is 38.0 Å². The fourth-order valence-electron chi connectivity index (χ4n) is 3.01. The van der Waals surface area contributed by atoms with Crippen LogP contribution in [-0.4, -0.2) is 48.8 Å². The van der Waals surface area contributed by atoms with E-state index in [-0.39, 0.29) is 26.4 Å². The largest absolute Gasteiger partial charge is 0.553 e. The normalized spacial score (nSPS) is 12.2. The zero-order valence-electron chi connectivity index (χ0n) is 20.0. The number of benzene rings is 2. The topological polar surface area (TPSA) is 138 Å². The minimum absolute atomic E-state index is 0. The van der Waals surface area contributed by atoms with E-state index >= 15 is 0 Å². The predicted octanol–water partition coefficient (Wildman–Crippen LogP) is 2.68. The van der Waals surface area contributed by atoms with E-state index in [0.717, 1.165) is 10.8 Å². The third kappa shape index (κ3) is 8.79. The molecular formula is C26H26O10Rf-2. The monoisotopic (exact) mass is 765 g/mol. The smallest absolute Gasteiger partial charge is 0.336 e. The molecule has 4 rings (SSSR count). The van der Waals surface area contributed by atoms with E-state index in [4.69, 9.17) is 18.3 Å². The predicted molar refractivity (Wildman–Crippen MR) is 131 cm³/mol. The quantitative estimate of drug-likeness (QED) is 0.183. The van der Waals surface area contributed by atoms with Gasteiger partial charge in [0, 0.05) is 48.3 Å². The van der Waals surface area contributed by atoms with E-state index in [1.165, 1.54) is 12.1 Å². The number of aliphatic hydroxyl groups excluding tert-OH is 2. The molecule has 2 heterocycles. The van der Waals surface area contributed by atoms with E-state index < -0.39 is 23.5 Å². The summed E-state index contributed by atoms with van der Waals surface area (Å²) in [4.78, 5) is 22.2. The maximum absolute atomic E-state index is 11.1. The molecular weight excluding hydrogens is 739 g/mol. The maximum Gasteiger partial charge on any atom is 0.336 e. The van der Waals surface area contributed by atoms with Crippen LogP contribution >= 0.6 is 0 Å². The fraction of sp³-hybridized carbons (Fsp3) is 0.231. The number of hydrogen-bond donors (Lipinski definition) is 2. The van der Waals surface area contributed by atoms with Crippen molar-refractivity contribution in [2.24, 2.45) is 0 Å². The second-order valence-electron chi connectivity index (χ2n) is 7.58. The average molecular weight is 765 g/mol. The minimum Gasteiger partial charge on any atom is -0.553 e. The Bertz CT molecular complexity index is 1260. The van der Waals surface area contributed by atoms with Crippen molar-refractivity contribution in [1.82, 2.24) is 0 Å². The summed E-state index contributed by atoms with van der Waals surface area (Å²) in [7, 11) is 6.33. The maximum atomic E-state index is 11.1. The van der Waals surface area contributed by atoms with Gasteiger partial charge >= 0.3 is 11.3 Å². The molecule has 0 spiro atoms. The van der Waals surface area contributed by atoms with E-state index in [1.807, 2.05) is 0 Å². The van der Waals surface area contributed by atoms with Gasteiger partial charge in [-0.15, -0.1) is 0 Å². The van der Waals surface area contributed by atoms with Crippen LogP contribution < -0.4 is 20.7 Å². The first kappa shape index (κ1) is 28.5. The van der Waals surface area contributed by atoms with Gasteiger partial charge in [-0.05, 0) is 36.4 Å². The first-order valence-corrected chi connectivity index (χ1v) is 10.8. The molecule has 10 nitrogen and oxygen atoms in total. The molecule has 2 aromatic carbocycles. The van der Waals surface area contributed by atoms with Crippen LogP contribution in [0.1, 0.15) is 0 Å². The second kappa shape index (κ2) is 14.0. The van der Waals surface area contributed by atoms with Crippen LogP contribution in [-0.2, 0) is 9.47 Å². The van der Waals surface area contributed by atoms with Gasteiger partial charge in [0.05, 0.1) is 0 Å². The van der Waals surface area contributed by atoms with Crippen molar-refractivity contribution in [3.05, 3.63) is 95.7 Å². The molecule has 0 radical (unpaired) electrons. The summed E-state index contributed by atoms with van der Waals surface area (Å²) in [6, 6.07) is 16.3. The van der Waals surface area contributed by atoms with Crippen molar-refractivity contribution in [3.63, 3.8) is 0 Å². The second-order valence-corrected chi connectivity index (χ2v) is 7.58. The summed E-state index contributed by atoms with van der Waals surface area (Å²) in [5.41, 5.74) is 0.0704. The standard InChI is InChI=1S/2C13H13O5.Rf/c2*1-16-7-10(14)8-17-11-4-2-9-3-5-13(15)18-12(9)6-11;/h2*2-6,10,14H,1,7-8H2;/q2*-1;. The number of aliphatic hydroxyl groups is 2. The first-order chi connectivity index (χ1) is 17.4.